The van der Waals surface area contributed by atoms with Gasteiger partial charge in [0.2, 0.25) is 0 Å². The number of ether oxygens (including phenoxy) is 1. The highest BCUT2D eigenvalue weighted by atomic mass is 16.5. The van der Waals surface area contributed by atoms with Crippen LogP contribution in [0.3, 0.4) is 0 Å². The van der Waals surface area contributed by atoms with Gasteiger partial charge in [-0.15, -0.1) is 0 Å². The number of carbonyl (C=O) groups excluding carboxylic acids is 1. The number of aromatic nitrogens is 2. The molecule has 2 aliphatic heterocycles. The summed E-state index contributed by atoms with van der Waals surface area (Å²) in [5.74, 6) is 0. The van der Waals surface area contributed by atoms with Crippen LogP contribution in [-0.2, 0) is 4.74 Å². The van der Waals surface area contributed by atoms with Gasteiger partial charge in [-0.25, -0.2) is 9.78 Å². The molecule has 0 spiro atoms. The van der Waals surface area contributed by atoms with E-state index in [9.17, 15) is 4.79 Å². The largest absolute Gasteiger partial charge is 0.381 e. The highest BCUT2D eigenvalue weighted by Gasteiger charge is 2.27. The molecular weight excluding hydrogens is 318 g/mol. The van der Waals surface area contributed by atoms with Gasteiger partial charge in [0.25, 0.3) is 0 Å². The Balaban J connectivity index is 1.35. The molecule has 4 rings (SSSR count). The average molecular weight is 343 g/mol. The number of fused-ring (bicyclic) bond motifs is 1. The minimum atomic E-state index is -0.0227. The number of pyridine rings is 1. The molecule has 2 aromatic rings. The first-order valence-corrected chi connectivity index (χ1v) is 9.02. The van der Waals surface area contributed by atoms with Gasteiger partial charge in [0.15, 0.2) is 0 Å². The number of amides is 2. The maximum atomic E-state index is 12.6. The number of nitrogens with zero attached hydrogens (tertiary/aromatic N) is 4. The minimum Gasteiger partial charge on any atom is -0.381 e. The first kappa shape index (κ1) is 16.4. The summed E-state index contributed by atoms with van der Waals surface area (Å²) in [4.78, 5) is 21.3. The van der Waals surface area contributed by atoms with Crippen molar-refractivity contribution in [1.82, 2.24) is 19.2 Å². The van der Waals surface area contributed by atoms with Crippen molar-refractivity contribution in [2.45, 2.75) is 25.8 Å². The third kappa shape index (κ3) is 3.48. The molecular formula is C18H25N5O2. The molecule has 1 N–H and O–H groups in total. The van der Waals surface area contributed by atoms with Crippen LogP contribution in [0.25, 0.3) is 5.65 Å². The molecule has 2 saturated heterocycles. The molecule has 0 aromatic carbocycles. The number of imidazole rings is 1. The van der Waals surface area contributed by atoms with E-state index in [1.165, 1.54) is 0 Å². The van der Waals surface area contributed by atoms with Crippen molar-refractivity contribution in [3.8, 4) is 0 Å². The Bertz CT molecular complexity index is 745. The molecule has 0 saturated carbocycles. The lowest BCUT2D eigenvalue weighted by molar-refractivity contribution is 0.0194. The third-order valence-corrected chi connectivity index (χ3v) is 5.23. The van der Waals surface area contributed by atoms with Crippen molar-refractivity contribution >= 4 is 17.4 Å². The highest BCUT2D eigenvalue weighted by molar-refractivity contribution is 5.89. The standard InChI is InChI=1S/C18H25N5O2/c1-14-12-15(13-23-5-4-19-17(14)23)20-18(24)22-8-6-21(7-9-22)16-2-10-25-11-3-16/h4-5,12-13,16H,2-3,6-11H2,1H3,(H,20,24). The predicted molar refractivity (Wildman–Crippen MR) is 95.9 cm³/mol. The summed E-state index contributed by atoms with van der Waals surface area (Å²) in [6, 6.07) is 2.56. The van der Waals surface area contributed by atoms with Crippen LogP contribution in [0.4, 0.5) is 10.5 Å². The van der Waals surface area contributed by atoms with Gasteiger partial charge in [-0.3, -0.25) is 4.90 Å². The molecule has 0 atom stereocenters. The number of piperazine rings is 1. The summed E-state index contributed by atoms with van der Waals surface area (Å²) in [7, 11) is 0. The van der Waals surface area contributed by atoms with Crippen molar-refractivity contribution in [2.75, 3.05) is 44.7 Å². The van der Waals surface area contributed by atoms with Gasteiger partial charge in [0.05, 0.1) is 5.69 Å². The van der Waals surface area contributed by atoms with E-state index in [4.69, 9.17) is 4.74 Å². The second kappa shape index (κ2) is 7.01. The maximum Gasteiger partial charge on any atom is 0.321 e. The Morgan fingerprint density at radius 2 is 2.00 bits per heavy atom. The van der Waals surface area contributed by atoms with Gasteiger partial charge in [-0.05, 0) is 31.4 Å². The van der Waals surface area contributed by atoms with Gasteiger partial charge < -0.3 is 19.4 Å². The van der Waals surface area contributed by atoms with E-state index in [0.29, 0.717) is 6.04 Å². The van der Waals surface area contributed by atoms with Crippen LogP contribution >= 0.6 is 0 Å². The van der Waals surface area contributed by atoms with Gasteiger partial charge >= 0.3 is 6.03 Å². The average Bonchev–Trinajstić information content (AvgIpc) is 3.12. The smallest absolute Gasteiger partial charge is 0.321 e. The van der Waals surface area contributed by atoms with Crippen molar-refractivity contribution in [1.29, 1.82) is 0 Å². The Hall–Kier alpha value is -2.12. The van der Waals surface area contributed by atoms with Crippen LogP contribution in [0.1, 0.15) is 18.4 Å². The number of anilines is 1. The van der Waals surface area contributed by atoms with Crippen LogP contribution < -0.4 is 5.32 Å². The molecule has 0 unspecified atom stereocenters. The van der Waals surface area contributed by atoms with Crippen LogP contribution in [0.2, 0.25) is 0 Å². The fourth-order valence-electron chi connectivity index (χ4n) is 3.82. The summed E-state index contributed by atoms with van der Waals surface area (Å²) in [6.45, 7) is 7.16. The van der Waals surface area contributed by atoms with Crippen molar-refractivity contribution in [3.05, 3.63) is 30.2 Å². The molecule has 0 bridgehead atoms. The first-order chi connectivity index (χ1) is 12.2. The van der Waals surface area contributed by atoms with Gasteiger partial charge in [0, 0.05) is 64.0 Å². The molecule has 2 aliphatic rings. The van der Waals surface area contributed by atoms with Crippen LogP contribution in [0.15, 0.2) is 24.7 Å². The summed E-state index contributed by atoms with van der Waals surface area (Å²) >= 11 is 0. The SMILES string of the molecule is Cc1cc(NC(=O)N2CCN(C3CCOCC3)CC2)cn2ccnc12. The number of hydrogen-bond acceptors (Lipinski definition) is 4. The van der Waals surface area contributed by atoms with Crippen molar-refractivity contribution < 1.29 is 9.53 Å². The monoisotopic (exact) mass is 343 g/mol. The number of aryl methyl sites for hydroxylation is 1. The van der Waals surface area contributed by atoms with Crippen LogP contribution in [0, 0.1) is 6.92 Å². The first-order valence-electron chi connectivity index (χ1n) is 9.02. The van der Waals surface area contributed by atoms with Crippen LogP contribution in [-0.4, -0.2) is 70.7 Å². The lowest BCUT2D eigenvalue weighted by atomic mass is 10.1. The Morgan fingerprint density at radius 3 is 2.76 bits per heavy atom. The fraction of sp³-hybridized carbons (Fsp3) is 0.556. The number of hydrogen-bond donors (Lipinski definition) is 1. The zero-order valence-corrected chi connectivity index (χ0v) is 14.6. The van der Waals surface area contributed by atoms with E-state index in [-0.39, 0.29) is 6.03 Å². The zero-order chi connectivity index (χ0) is 17.2. The van der Waals surface area contributed by atoms with E-state index < -0.39 is 0 Å². The van der Waals surface area contributed by atoms with Crippen LogP contribution in [0.5, 0.6) is 0 Å². The fourth-order valence-corrected chi connectivity index (χ4v) is 3.82. The molecule has 2 aromatic heterocycles. The normalized spacial score (nSPS) is 20.1. The number of urea groups is 1. The molecule has 0 radical (unpaired) electrons. The Kier molecular flexibility index (Phi) is 4.59. The Morgan fingerprint density at radius 1 is 1.24 bits per heavy atom. The number of carbonyl (C=O) groups is 1. The minimum absolute atomic E-state index is 0.0227. The predicted octanol–water partition coefficient (Wildman–Crippen LogP) is 1.97. The molecule has 7 heteroatoms. The molecule has 2 amide bonds. The van der Waals surface area contributed by atoms with Gasteiger partial charge in [0.1, 0.15) is 5.65 Å². The quantitative estimate of drug-likeness (QED) is 0.906. The van der Waals surface area contributed by atoms with E-state index in [1.807, 2.05) is 34.7 Å². The molecule has 7 nitrogen and oxygen atoms in total. The van der Waals surface area contributed by atoms with Crippen molar-refractivity contribution in [3.63, 3.8) is 0 Å². The second-order valence-electron chi connectivity index (χ2n) is 6.87. The van der Waals surface area contributed by atoms with E-state index in [0.717, 1.165) is 69.1 Å². The third-order valence-electron chi connectivity index (χ3n) is 5.23. The lowest BCUT2D eigenvalue weighted by Gasteiger charge is -2.40. The van der Waals surface area contributed by atoms with E-state index in [1.54, 1.807) is 6.20 Å². The summed E-state index contributed by atoms with van der Waals surface area (Å²) in [6.07, 6.45) is 7.78. The Labute approximate surface area is 147 Å². The molecule has 4 heterocycles. The second-order valence-corrected chi connectivity index (χ2v) is 6.87. The van der Waals surface area contributed by atoms with Crippen molar-refractivity contribution in [2.24, 2.45) is 0 Å². The zero-order valence-electron chi connectivity index (χ0n) is 14.6. The number of nitrogens with one attached hydrogen (secondary N) is 1. The van der Waals surface area contributed by atoms with Gasteiger partial charge in [-0.2, -0.15) is 0 Å². The summed E-state index contributed by atoms with van der Waals surface area (Å²) in [5.41, 5.74) is 2.77. The molecule has 0 aliphatic carbocycles. The van der Waals surface area contributed by atoms with E-state index >= 15 is 0 Å². The lowest BCUT2D eigenvalue weighted by Crippen LogP contribution is -2.53. The topological polar surface area (TPSA) is 62.1 Å². The maximum absolute atomic E-state index is 12.6. The van der Waals surface area contributed by atoms with Gasteiger partial charge in [-0.1, -0.05) is 0 Å². The van der Waals surface area contributed by atoms with E-state index in [2.05, 4.69) is 15.2 Å². The highest BCUT2D eigenvalue weighted by Crippen LogP contribution is 2.18. The summed E-state index contributed by atoms with van der Waals surface area (Å²) in [5, 5.41) is 3.03. The number of rotatable bonds is 2. The summed E-state index contributed by atoms with van der Waals surface area (Å²) < 4.78 is 7.38. The molecule has 2 fully saturated rings. The molecule has 25 heavy (non-hydrogen) atoms. The molecule has 134 valence electrons.